The van der Waals surface area contributed by atoms with E-state index in [1.807, 2.05) is 12.1 Å². The molecule has 1 atom stereocenters. The number of amides is 1. The summed E-state index contributed by atoms with van der Waals surface area (Å²) < 4.78 is 31.1. The van der Waals surface area contributed by atoms with Crippen LogP contribution in [0.1, 0.15) is 36.4 Å². The van der Waals surface area contributed by atoms with E-state index in [1.165, 1.54) is 0 Å². The van der Waals surface area contributed by atoms with E-state index in [2.05, 4.69) is 16.1 Å². The fourth-order valence-electron chi connectivity index (χ4n) is 3.18. The molecule has 2 N–H and O–H groups in total. The molecule has 0 spiro atoms. The number of nitrogens with zero attached hydrogens (tertiary/aromatic N) is 1. The van der Waals surface area contributed by atoms with Crippen LogP contribution < -0.4 is 14.8 Å². The molecular weight excluding hydrogens is 390 g/mol. The molecule has 0 heterocycles. The van der Waals surface area contributed by atoms with Gasteiger partial charge in [-0.2, -0.15) is 5.26 Å². The Hall–Kier alpha value is -2.89. The van der Waals surface area contributed by atoms with Gasteiger partial charge in [0.1, 0.15) is 5.75 Å². The van der Waals surface area contributed by atoms with Crippen LogP contribution in [-0.4, -0.2) is 27.7 Å². The highest BCUT2D eigenvalue weighted by Crippen LogP contribution is 2.47. The molecule has 0 unspecified atom stereocenters. The highest BCUT2D eigenvalue weighted by Gasteiger charge is 2.44. The van der Waals surface area contributed by atoms with E-state index in [0.717, 1.165) is 24.7 Å². The first kappa shape index (κ1) is 20.8. The summed E-state index contributed by atoms with van der Waals surface area (Å²) in [5.74, 6) is 0.318. The van der Waals surface area contributed by atoms with Crippen molar-refractivity contribution < 1.29 is 17.9 Å². The summed E-state index contributed by atoms with van der Waals surface area (Å²) in [6.07, 6.45) is 2.71. The van der Waals surface area contributed by atoms with Crippen LogP contribution in [0.25, 0.3) is 0 Å². The van der Waals surface area contributed by atoms with Crippen LogP contribution in [0.4, 0.5) is 5.69 Å². The van der Waals surface area contributed by atoms with Crippen molar-refractivity contribution in [1.29, 1.82) is 5.26 Å². The standard InChI is InChI=1S/C21H23N3O4S/c1-28-18-9-3-15(4-10-18)19(24-29(2,26)27)13-20(25)23-17-7-5-16(6-8-17)21(14-22)11-12-21/h3-10,19,24H,11-13H2,1-2H3,(H,23,25)/t19-/m0/s1. The maximum absolute atomic E-state index is 12.5. The molecule has 0 aliphatic heterocycles. The fraction of sp³-hybridized carbons (Fsp3) is 0.333. The highest BCUT2D eigenvalue weighted by molar-refractivity contribution is 7.88. The summed E-state index contributed by atoms with van der Waals surface area (Å²) in [5, 5.41) is 12.1. The number of anilines is 1. The molecule has 152 valence electrons. The van der Waals surface area contributed by atoms with Crippen LogP contribution in [-0.2, 0) is 20.2 Å². The molecule has 1 aliphatic carbocycles. The number of carbonyl (C=O) groups is 1. The van der Waals surface area contributed by atoms with Crippen LogP contribution in [0.5, 0.6) is 5.75 Å². The van der Waals surface area contributed by atoms with Crippen molar-refractivity contribution in [2.24, 2.45) is 0 Å². The maximum Gasteiger partial charge on any atom is 0.226 e. The first-order valence-corrected chi connectivity index (χ1v) is 11.1. The average Bonchev–Trinajstić information content (AvgIpc) is 3.48. The summed E-state index contributed by atoms with van der Waals surface area (Å²) in [5.41, 5.74) is 1.83. The summed E-state index contributed by atoms with van der Waals surface area (Å²) in [6.45, 7) is 0. The molecule has 1 fully saturated rings. The Labute approximate surface area is 170 Å². The third-order valence-electron chi connectivity index (χ3n) is 4.95. The molecule has 0 radical (unpaired) electrons. The number of methoxy groups -OCH3 is 1. The molecule has 0 bridgehead atoms. The SMILES string of the molecule is COc1ccc([C@H](CC(=O)Nc2ccc(C3(C#N)CC3)cc2)NS(C)(=O)=O)cc1. The Kier molecular flexibility index (Phi) is 5.91. The van der Waals surface area contributed by atoms with Crippen LogP contribution in [0, 0.1) is 11.3 Å². The zero-order valence-electron chi connectivity index (χ0n) is 16.3. The minimum atomic E-state index is -3.52. The normalized spacial score (nSPS) is 15.8. The summed E-state index contributed by atoms with van der Waals surface area (Å²) in [4.78, 5) is 12.5. The largest absolute Gasteiger partial charge is 0.497 e. The van der Waals surface area contributed by atoms with Gasteiger partial charge in [-0.3, -0.25) is 4.79 Å². The third-order valence-corrected chi connectivity index (χ3v) is 5.66. The van der Waals surface area contributed by atoms with Crippen molar-refractivity contribution in [3.8, 4) is 11.8 Å². The minimum absolute atomic E-state index is 0.0662. The molecule has 1 amide bonds. The molecule has 0 saturated heterocycles. The lowest BCUT2D eigenvalue weighted by atomic mass is 9.97. The lowest BCUT2D eigenvalue weighted by Gasteiger charge is -2.18. The Morgan fingerprint density at radius 2 is 1.79 bits per heavy atom. The molecule has 0 aromatic heterocycles. The van der Waals surface area contributed by atoms with Crippen molar-refractivity contribution in [1.82, 2.24) is 4.72 Å². The van der Waals surface area contributed by atoms with Gasteiger partial charge in [0.2, 0.25) is 15.9 Å². The van der Waals surface area contributed by atoms with Crippen molar-refractivity contribution in [3.05, 3.63) is 59.7 Å². The van der Waals surface area contributed by atoms with Crippen molar-refractivity contribution in [2.45, 2.75) is 30.7 Å². The van der Waals surface area contributed by atoms with Crippen molar-refractivity contribution in [2.75, 3.05) is 18.7 Å². The predicted octanol–water partition coefficient (Wildman–Crippen LogP) is 2.87. The van der Waals surface area contributed by atoms with Crippen molar-refractivity contribution in [3.63, 3.8) is 0 Å². The molecule has 2 aromatic rings. The molecule has 29 heavy (non-hydrogen) atoms. The number of ether oxygens (including phenoxy) is 1. The quantitative estimate of drug-likeness (QED) is 0.692. The number of hydrogen-bond acceptors (Lipinski definition) is 5. The van der Waals surface area contributed by atoms with E-state index in [-0.39, 0.29) is 17.7 Å². The monoisotopic (exact) mass is 413 g/mol. The van der Waals surface area contributed by atoms with E-state index < -0.39 is 16.1 Å². The topological polar surface area (TPSA) is 108 Å². The fourth-order valence-corrected chi connectivity index (χ4v) is 3.92. The van der Waals surface area contributed by atoms with E-state index in [1.54, 1.807) is 43.5 Å². The average molecular weight is 413 g/mol. The van der Waals surface area contributed by atoms with Crippen LogP contribution in [0.2, 0.25) is 0 Å². The molecule has 2 aromatic carbocycles. The highest BCUT2D eigenvalue weighted by atomic mass is 32.2. The van der Waals surface area contributed by atoms with E-state index in [9.17, 15) is 18.5 Å². The number of nitrogens with one attached hydrogen (secondary N) is 2. The summed E-state index contributed by atoms with van der Waals surface area (Å²) in [6, 6.07) is 15.7. The minimum Gasteiger partial charge on any atom is -0.497 e. The van der Waals surface area contributed by atoms with Crippen molar-refractivity contribution >= 4 is 21.6 Å². The second kappa shape index (κ2) is 8.23. The first-order chi connectivity index (χ1) is 13.7. The zero-order chi connectivity index (χ0) is 21.1. The van der Waals surface area contributed by atoms with Gasteiger partial charge >= 0.3 is 0 Å². The predicted molar refractivity (Wildman–Crippen MR) is 110 cm³/mol. The second-order valence-corrected chi connectivity index (χ2v) is 9.02. The zero-order valence-corrected chi connectivity index (χ0v) is 17.1. The molecule has 1 aliphatic rings. The van der Waals surface area contributed by atoms with Gasteiger partial charge in [-0.05, 0) is 48.2 Å². The Morgan fingerprint density at radius 3 is 2.28 bits per heavy atom. The van der Waals surface area contributed by atoms with Gasteiger partial charge in [0.25, 0.3) is 0 Å². The van der Waals surface area contributed by atoms with Crippen LogP contribution in [0.15, 0.2) is 48.5 Å². The van der Waals surface area contributed by atoms with Gasteiger partial charge in [-0.1, -0.05) is 24.3 Å². The van der Waals surface area contributed by atoms with Gasteiger partial charge in [0.05, 0.1) is 30.9 Å². The Bertz CT molecular complexity index is 1020. The second-order valence-electron chi connectivity index (χ2n) is 7.24. The Balaban J connectivity index is 1.70. The van der Waals surface area contributed by atoms with E-state index >= 15 is 0 Å². The lowest BCUT2D eigenvalue weighted by molar-refractivity contribution is -0.116. The maximum atomic E-state index is 12.5. The van der Waals surface area contributed by atoms with Gasteiger partial charge in [0, 0.05) is 12.1 Å². The molecule has 8 heteroatoms. The number of sulfonamides is 1. The number of carbonyl (C=O) groups excluding carboxylic acids is 1. The number of hydrogen-bond donors (Lipinski definition) is 2. The van der Waals surface area contributed by atoms with E-state index in [4.69, 9.17) is 4.74 Å². The van der Waals surface area contributed by atoms with Gasteiger partial charge < -0.3 is 10.1 Å². The van der Waals surface area contributed by atoms with Gasteiger partial charge in [0.15, 0.2) is 0 Å². The smallest absolute Gasteiger partial charge is 0.226 e. The molecule has 3 rings (SSSR count). The summed E-state index contributed by atoms with van der Waals surface area (Å²) in [7, 11) is -1.97. The van der Waals surface area contributed by atoms with Crippen LogP contribution >= 0.6 is 0 Å². The van der Waals surface area contributed by atoms with Crippen LogP contribution in [0.3, 0.4) is 0 Å². The molecule has 1 saturated carbocycles. The first-order valence-electron chi connectivity index (χ1n) is 9.17. The molecule has 7 nitrogen and oxygen atoms in total. The third kappa shape index (κ3) is 5.34. The molecular formula is C21H23N3O4S. The van der Waals surface area contributed by atoms with Gasteiger partial charge in [-0.25, -0.2) is 13.1 Å². The Morgan fingerprint density at radius 1 is 1.17 bits per heavy atom. The number of benzene rings is 2. The van der Waals surface area contributed by atoms with E-state index in [0.29, 0.717) is 17.0 Å². The lowest BCUT2D eigenvalue weighted by Crippen LogP contribution is -2.30. The summed E-state index contributed by atoms with van der Waals surface area (Å²) >= 11 is 0. The number of nitriles is 1. The number of rotatable bonds is 8. The van der Waals surface area contributed by atoms with Gasteiger partial charge in [-0.15, -0.1) is 0 Å².